The minimum Gasteiger partial charge on any atom is -0.325 e. The topological polar surface area (TPSA) is 66.5 Å². The monoisotopic (exact) mass is 484 g/mol. The van der Waals surface area contributed by atoms with Crippen molar-refractivity contribution in [3.8, 4) is 0 Å². The molecule has 5 nitrogen and oxygen atoms in total. The van der Waals surface area contributed by atoms with Gasteiger partial charge >= 0.3 is 0 Å². The number of halogens is 1. The van der Waals surface area contributed by atoms with E-state index < -0.39 is 15.8 Å². The van der Waals surface area contributed by atoms with Gasteiger partial charge < -0.3 is 5.32 Å². The molecule has 0 saturated carbocycles. The van der Waals surface area contributed by atoms with Crippen LogP contribution in [0.5, 0.6) is 0 Å². The average molecular weight is 485 g/mol. The zero-order chi connectivity index (χ0) is 23.3. The van der Waals surface area contributed by atoms with Gasteiger partial charge in [0, 0.05) is 34.4 Å². The molecule has 33 heavy (non-hydrogen) atoms. The molecule has 0 spiro atoms. The molecule has 8 heteroatoms. The number of carbonyl (C=O) groups excluding carboxylic acids is 1. The van der Waals surface area contributed by atoms with Crippen LogP contribution in [0.1, 0.15) is 18.4 Å². The Kier molecular flexibility index (Phi) is 7.47. The maximum Gasteiger partial charge on any atom is 0.227 e. The van der Waals surface area contributed by atoms with Gasteiger partial charge in [-0.1, -0.05) is 60.3 Å². The largest absolute Gasteiger partial charge is 0.325 e. The van der Waals surface area contributed by atoms with Gasteiger partial charge in [0.25, 0.3) is 0 Å². The summed E-state index contributed by atoms with van der Waals surface area (Å²) < 4.78 is 40.8. The summed E-state index contributed by atoms with van der Waals surface area (Å²) in [5.74, 6) is -1.29. The normalized spacial score (nSPS) is 15.3. The Labute approximate surface area is 198 Å². The number of piperidine rings is 1. The van der Waals surface area contributed by atoms with Crippen molar-refractivity contribution in [1.82, 2.24) is 4.31 Å². The number of para-hydroxylation sites is 1. The smallest absolute Gasteiger partial charge is 0.227 e. The highest BCUT2D eigenvalue weighted by Gasteiger charge is 2.31. The minimum absolute atomic E-state index is 0.109. The number of amides is 1. The Bertz CT molecular complexity index is 1210. The summed E-state index contributed by atoms with van der Waals surface area (Å²) >= 11 is 1.58. The van der Waals surface area contributed by atoms with Gasteiger partial charge in [0.1, 0.15) is 5.82 Å². The van der Waals surface area contributed by atoms with Gasteiger partial charge in [0.15, 0.2) is 0 Å². The van der Waals surface area contributed by atoms with Crippen molar-refractivity contribution in [2.45, 2.75) is 28.4 Å². The molecule has 1 aliphatic rings. The number of carbonyl (C=O) groups is 1. The number of sulfonamides is 1. The molecule has 0 radical (unpaired) electrons. The van der Waals surface area contributed by atoms with Crippen molar-refractivity contribution in [2.75, 3.05) is 18.4 Å². The lowest BCUT2D eigenvalue weighted by molar-refractivity contribution is -0.120. The molecule has 0 aromatic heterocycles. The molecule has 0 unspecified atom stereocenters. The van der Waals surface area contributed by atoms with E-state index in [4.69, 9.17) is 0 Å². The van der Waals surface area contributed by atoms with E-state index >= 15 is 0 Å². The SMILES string of the molecule is O=C(Nc1ccccc1Sc1ccccc1)C1CCN(S(=O)(=O)Cc2ccccc2F)CC1. The Morgan fingerprint density at radius 1 is 0.939 bits per heavy atom. The fraction of sp³-hybridized carbons (Fsp3) is 0.240. The van der Waals surface area contributed by atoms with Crippen LogP contribution in [-0.2, 0) is 20.6 Å². The van der Waals surface area contributed by atoms with E-state index in [1.54, 1.807) is 17.8 Å². The predicted molar refractivity (Wildman–Crippen MR) is 129 cm³/mol. The lowest BCUT2D eigenvalue weighted by Crippen LogP contribution is -2.42. The van der Waals surface area contributed by atoms with Gasteiger partial charge in [-0.05, 0) is 43.2 Å². The molecular weight excluding hydrogens is 459 g/mol. The Hall–Kier alpha value is -2.68. The fourth-order valence-corrected chi connectivity index (χ4v) is 6.31. The molecule has 1 N–H and O–H groups in total. The van der Waals surface area contributed by atoms with Crippen molar-refractivity contribution >= 4 is 33.4 Å². The predicted octanol–water partition coefficient (Wildman–Crippen LogP) is 5.16. The highest BCUT2D eigenvalue weighted by molar-refractivity contribution is 7.99. The van der Waals surface area contributed by atoms with Gasteiger partial charge in [-0.15, -0.1) is 0 Å². The number of nitrogens with one attached hydrogen (secondary N) is 1. The van der Waals surface area contributed by atoms with Gasteiger partial charge in [0.2, 0.25) is 15.9 Å². The Balaban J connectivity index is 1.36. The van der Waals surface area contributed by atoms with Gasteiger partial charge in [-0.3, -0.25) is 4.79 Å². The molecule has 1 heterocycles. The third-order valence-electron chi connectivity index (χ3n) is 5.63. The molecule has 0 bridgehead atoms. The first-order chi connectivity index (χ1) is 15.9. The molecule has 0 aliphatic carbocycles. The van der Waals surface area contributed by atoms with E-state index in [1.165, 1.54) is 22.5 Å². The molecule has 3 aromatic rings. The zero-order valence-corrected chi connectivity index (χ0v) is 19.6. The van der Waals surface area contributed by atoms with E-state index in [0.29, 0.717) is 12.8 Å². The van der Waals surface area contributed by atoms with Gasteiger partial charge in [-0.2, -0.15) is 0 Å². The molecule has 0 atom stereocenters. The van der Waals surface area contributed by atoms with Crippen LogP contribution in [0.4, 0.5) is 10.1 Å². The first-order valence-corrected chi connectivity index (χ1v) is 13.2. The van der Waals surface area contributed by atoms with E-state index in [0.717, 1.165) is 15.5 Å². The van der Waals surface area contributed by atoms with Crippen molar-refractivity contribution in [3.63, 3.8) is 0 Å². The van der Waals surface area contributed by atoms with Crippen LogP contribution in [0.2, 0.25) is 0 Å². The van der Waals surface area contributed by atoms with Crippen LogP contribution in [-0.4, -0.2) is 31.7 Å². The summed E-state index contributed by atoms with van der Waals surface area (Å²) in [7, 11) is -3.65. The second-order valence-electron chi connectivity index (χ2n) is 7.92. The molecule has 1 amide bonds. The summed E-state index contributed by atoms with van der Waals surface area (Å²) in [5.41, 5.74) is 0.899. The minimum atomic E-state index is -3.65. The highest BCUT2D eigenvalue weighted by Crippen LogP contribution is 2.34. The summed E-state index contributed by atoms with van der Waals surface area (Å²) in [5, 5.41) is 3.02. The van der Waals surface area contributed by atoms with E-state index in [-0.39, 0.29) is 36.2 Å². The lowest BCUT2D eigenvalue weighted by Gasteiger charge is -2.30. The quantitative estimate of drug-likeness (QED) is 0.503. The molecule has 3 aromatic carbocycles. The zero-order valence-electron chi connectivity index (χ0n) is 18.0. The Morgan fingerprint density at radius 3 is 2.30 bits per heavy atom. The Morgan fingerprint density at radius 2 is 1.58 bits per heavy atom. The highest BCUT2D eigenvalue weighted by atomic mass is 32.2. The summed E-state index contributed by atoms with van der Waals surface area (Å²) in [6, 6.07) is 23.5. The van der Waals surface area contributed by atoms with Crippen LogP contribution >= 0.6 is 11.8 Å². The van der Waals surface area contributed by atoms with Crippen molar-refractivity contribution in [1.29, 1.82) is 0 Å². The number of nitrogens with zero attached hydrogens (tertiary/aromatic N) is 1. The average Bonchev–Trinajstić information content (AvgIpc) is 2.82. The maximum absolute atomic E-state index is 13.9. The van der Waals surface area contributed by atoms with Crippen LogP contribution < -0.4 is 5.32 Å². The van der Waals surface area contributed by atoms with E-state index in [2.05, 4.69) is 5.32 Å². The maximum atomic E-state index is 13.9. The summed E-state index contributed by atoms with van der Waals surface area (Å²) in [6.45, 7) is 0.491. The number of anilines is 1. The number of rotatable bonds is 7. The molecule has 1 saturated heterocycles. The molecular formula is C25H25FN2O3S2. The number of benzene rings is 3. The van der Waals surface area contributed by atoms with Gasteiger partial charge in [-0.25, -0.2) is 17.1 Å². The van der Waals surface area contributed by atoms with Crippen LogP contribution in [0.15, 0.2) is 88.7 Å². The van der Waals surface area contributed by atoms with Crippen molar-refractivity contribution < 1.29 is 17.6 Å². The lowest BCUT2D eigenvalue weighted by atomic mass is 9.97. The van der Waals surface area contributed by atoms with Crippen LogP contribution in [0, 0.1) is 11.7 Å². The van der Waals surface area contributed by atoms with E-state index in [1.807, 2.05) is 54.6 Å². The summed E-state index contributed by atoms with van der Waals surface area (Å²) in [6.07, 6.45) is 0.854. The first kappa shape index (κ1) is 23.5. The number of hydrogen-bond acceptors (Lipinski definition) is 4. The third-order valence-corrected chi connectivity index (χ3v) is 8.54. The van der Waals surface area contributed by atoms with Crippen LogP contribution in [0.3, 0.4) is 0 Å². The molecule has 172 valence electrons. The standard InChI is InChI=1S/C25H25FN2O3S2/c26-22-11-5-4-8-20(22)18-33(30,31)28-16-14-19(15-17-28)25(29)27-23-12-6-7-13-24(23)32-21-9-2-1-3-10-21/h1-13,19H,14-18H2,(H,27,29). The third kappa shape index (κ3) is 6.01. The van der Waals surface area contributed by atoms with Crippen molar-refractivity contribution in [3.05, 3.63) is 90.2 Å². The second-order valence-corrected chi connectivity index (χ2v) is 11.0. The summed E-state index contributed by atoms with van der Waals surface area (Å²) in [4.78, 5) is 14.9. The van der Waals surface area contributed by atoms with Gasteiger partial charge in [0.05, 0.1) is 11.4 Å². The molecule has 1 fully saturated rings. The van der Waals surface area contributed by atoms with E-state index in [9.17, 15) is 17.6 Å². The first-order valence-electron chi connectivity index (χ1n) is 10.8. The van der Waals surface area contributed by atoms with Crippen LogP contribution in [0.25, 0.3) is 0 Å². The number of hydrogen-bond donors (Lipinski definition) is 1. The second kappa shape index (κ2) is 10.5. The molecule has 1 aliphatic heterocycles. The van der Waals surface area contributed by atoms with Crippen molar-refractivity contribution in [2.24, 2.45) is 5.92 Å². The molecule has 4 rings (SSSR count). The fourth-order valence-electron chi connectivity index (χ4n) is 3.81.